The van der Waals surface area contributed by atoms with Gasteiger partial charge in [-0.3, -0.25) is 9.69 Å². The van der Waals surface area contributed by atoms with Gasteiger partial charge in [-0.25, -0.2) is 4.79 Å². The van der Waals surface area contributed by atoms with Crippen molar-refractivity contribution in [2.75, 3.05) is 17.7 Å². The molecule has 3 aromatic rings. The molecule has 1 heterocycles. The third-order valence-corrected chi connectivity index (χ3v) is 4.76. The summed E-state index contributed by atoms with van der Waals surface area (Å²) in [5.74, 6) is 1.25. The number of nitrogens with two attached hydrogens (primary N) is 1. The summed E-state index contributed by atoms with van der Waals surface area (Å²) in [6.07, 6.45) is 1.07. The fourth-order valence-electron chi connectivity index (χ4n) is 3.11. The third kappa shape index (κ3) is 5.29. The molecular weight excluding hydrogens is 406 g/mol. The normalized spacial score (nSPS) is 11.2. The topological polar surface area (TPSA) is 86.8 Å². The van der Waals surface area contributed by atoms with Crippen LogP contribution >= 0.6 is 0 Å². The van der Waals surface area contributed by atoms with Gasteiger partial charge >= 0.3 is 6.09 Å². The van der Waals surface area contributed by atoms with Gasteiger partial charge in [0.25, 0.3) is 5.56 Å². The van der Waals surface area contributed by atoms with E-state index in [2.05, 4.69) is 0 Å². The zero-order valence-electron chi connectivity index (χ0n) is 19.3. The Balaban J connectivity index is 2.06. The van der Waals surface area contributed by atoms with E-state index in [0.717, 1.165) is 5.56 Å². The van der Waals surface area contributed by atoms with Crippen molar-refractivity contribution in [3.8, 4) is 22.6 Å². The number of carbonyl (C=O) groups is 1. The van der Waals surface area contributed by atoms with E-state index in [-0.39, 0.29) is 11.2 Å². The number of benzene rings is 2. The second-order valence-corrected chi connectivity index (χ2v) is 8.74. The molecule has 0 aliphatic carbocycles. The van der Waals surface area contributed by atoms with E-state index >= 15 is 0 Å². The molecule has 0 atom stereocenters. The Labute approximate surface area is 188 Å². The lowest BCUT2D eigenvalue weighted by Crippen LogP contribution is -2.37. The van der Waals surface area contributed by atoms with E-state index in [1.807, 2.05) is 31.2 Å². The number of nitrogens with zero attached hydrogens (tertiary/aromatic N) is 2. The molecule has 0 spiro atoms. The minimum absolute atomic E-state index is 0.183. The lowest BCUT2D eigenvalue weighted by molar-refractivity contribution is 0.0589. The molecule has 32 heavy (non-hydrogen) atoms. The van der Waals surface area contributed by atoms with Gasteiger partial charge in [0, 0.05) is 37.1 Å². The molecule has 3 rings (SSSR count). The Kier molecular flexibility index (Phi) is 6.30. The zero-order chi connectivity index (χ0) is 23.6. The predicted molar refractivity (Wildman–Crippen MR) is 127 cm³/mol. The van der Waals surface area contributed by atoms with Crippen molar-refractivity contribution in [3.05, 3.63) is 70.6 Å². The van der Waals surface area contributed by atoms with Crippen molar-refractivity contribution in [2.45, 2.75) is 33.3 Å². The maximum atomic E-state index is 12.8. The first-order valence-corrected chi connectivity index (χ1v) is 10.3. The standard InChI is InChI=1S/C25H29N3O4/c1-16-7-10-19(11-8-16)31-22-12-9-18(26)14-20(22)17-13-21(23(29)27(5)15-17)28(6)24(30)32-25(2,3)4/h7-15H,26H2,1-6H3. The van der Waals surface area contributed by atoms with E-state index in [1.165, 1.54) is 16.5 Å². The molecule has 7 nitrogen and oxygen atoms in total. The monoisotopic (exact) mass is 435 g/mol. The van der Waals surface area contributed by atoms with Gasteiger partial charge in [0.15, 0.2) is 0 Å². The Bertz CT molecular complexity index is 1190. The highest BCUT2D eigenvalue weighted by atomic mass is 16.6. The first-order chi connectivity index (χ1) is 14.9. The second kappa shape index (κ2) is 8.78. The van der Waals surface area contributed by atoms with Crippen molar-refractivity contribution in [3.63, 3.8) is 0 Å². The lowest BCUT2D eigenvalue weighted by atomic mass is 10.0. The number of hydrogen-bond acceptors (Lipinski definition) is 5. The summed E-state index contributed by atoms with van der Waals surface area (Å²) >= 11 is 0. The van der Waals surface area contributed by atoms with Crippen LogP contribution in [0.4, 0.5) is 16.2 Å². The van der Waals surface area contributed by atoms with E-state index < -0.39 is 11.7 Å². The highest BCUT2D eigenvalue weighted by molar-refractivity contribution is 5.88. The molecule has 7 heteroatoms. The molecule has 2 N–H and O–H groups in total. The van der Waals surface area contributed by atoms with Crippen molar-refractivity contribution in [1.29, 1.82) is 0 Å². The number of amides is 1. The van der Waals surface area contributed by atoms with Crippen LogP contribution in [-0.4, -0.2) is 23.3 Å². The summed E-state index contributed by atoms with van der Waals surface area (Å²) < 4.78 is 13.0. The minimum Gasteiger partial charge on any atom is -0.457 e. The summed E-state index contributed by atoms with van der Waals surface area (Å²) in [5.41, 5.74) is 8.27. The quantitative estimate of drug-likeness (QED) is 0.576. The predicted octanol–water partition coefficient (Wildman–Crippen LogP) is 5.11. The molecule has 168 valence electrons. The molecule has 0 radical (unpaired) electrons. The van der Waals surface area contributed by atoms with Gasteiger partial charge in [-0.1, -0.05) is 17.7 Å². The van der Waals surface area contributed by atoms with Crippen LogP contribution in [-0.2, 0) is 11.8 Å². The number of hydrogen-bond donors (Lipinski definition) is 1. The first kappa shape index (κ1) is 22.9. The van der Waals surface area contributed by atoms with Crippen LogP contribution in [0.1, 0.15) is 26.3 Å². The fraction of sp³-hybridized carbons (Fsp3) is 0.280. The summed E-state index contributed by atoms with van der Waals surface area (Å²) in [7, 11) is 3.14. The fourth-order valence-corrected chi connectivity index (χ4v) is 3.11. The molecule has 2 aromatic carbocycles. The van der Waals surface area contributed by atoms with Crippen LogP contribution in [0.2, 0.25) is 0 Å². The molecule has 1 aromatic heterocycles. The number of nitrogen functional groups attached to an aromatic ring is 1. The Morgan fingerprint density at radius 3 is 2.34 bits per heavy atom. The van der Waals surface area contributed by atoms with Gasteiger partial charge in [-0.2, -0.15) is 0 Å². The number of aromatic nitrogens is 1. The zero-order valence-corrected chi connectivity index (χ0v) is 19.3. The first-order valence-electron chi connectivity index (χ1n) is 10.3. The van der Waals surface area contributed by atoms with Crippen LogP contribution in [0, 0.1) is 6.92 Å². The summed E-state index contributed by atoms with van der Waals surface area (Å²) in [6, 6.07) is 14.7. The highest BCUT2D eigenvalue weighted by Gasteiger charge is 2.23. The van der Waals surface area contributed by atoms with Crippen molar-refractivity contribution < 1.29 is 14.3 Å². The summed E-state index contributed by atoms with van der Waals surface area (Å²) in [4.78, 5) is 26.6. The van der Waals surface area contributed by atoms with Crippen LogP contribution < -0.4 is 20.9 Å². The molecule has 0 aliphatic heterocycles. The highest BCUT2D eigenvalue weighted by Crippen LogP contribution is 2.35. The maximum Gasteiger partial charge on any atom is 0.414 e. The van der Waals surface area contributed by atoms with E-state index in [1.54, 1.807) is 58.3 Å². The van der Waals surface area contributed by atoms with Crippen molar-refractivity contribution in [1.82, 2.24) is 4.57 Å². The van der Waals surface area contributed by atoms with Gasteiger partial charge in [0.1, 0.15) is 22.8 Å². The second-order valence-electron chi connectivity index (χ2n) is 8.74. The van der Waals surface area contributed by atoms with Gasteiger partial charge in [0.05, 0.1) is 0 Å². The summed E-state index contributed by atoms with van der Waals surface area (Å²) in [5, 5.41) is 0. The Hall–Kier alpha value is -3.74. The van der Waals surface area contributed by atoms with Crippen molar-refractivity contribution >= 4 is 17.5 Å². The average Bonchev–Trinajstić information content (AvgIpc) is 2.71. The SMILES string of the molecule is Cc1ccc(Oc2ccc(N)cc2-c2cc(N(C)C(=O)OC(C)(C)C)c(=O)n(C)c2)cc1. The molecular formula is C25H29N3O4. The molecule has 1 amide bonds. The molecule has 0 saturated heterocycles. The van der Waals surface area contributed by atoms with Gasteiger partial charge in [0.2, 0.25) is 0 Å². The maximum absolute atomic E-state index is 12.8. The number of carbonyl (C=O) groups excluding carboxylic acids is 1. The van der Waals surface area contributed by atoms with Crippen LogP contribution in [0.25, 0.3) is 11.1 Å². The van der Waals surface area contributed by atoms with Gasteiger partial charge in [-0.05, 0) is 64.1 Å². The lowest BCUT2D eigenvalue weighted by Gasteiger charge is -2.25. The molecule has 0 unspecified atom stereocenters. The van der Waals surface area contributed by atoms with E-state index in [9.17, 15) is 9.59 Å². The van der Waals surface area contributed by atoms with E-state index in [0.29, 0.717) is 28.3 Å². The molecule has 0 aliphatic rings. The van der Waals surface area contributed by atoms with E-state index in [4.69, 9.17) is 15.2 Å². The molecule has 0 bridgehead atoms. The summed E-state index contributed by atoms with van der Waals surface area (Å²) in [6.45, 7) is 7.32. The Morgan fingerprint density at radius 2 is 1.72 bits per heavy atom. The largest absolute Gasteiger partial charge is 0.457 e. The minimum atomic E-state index is -0.683. The van der Waals surface area contributed by atoms with Crippen molar-refractivity contribution in [2.24, 2.45) is 7.05 Å². The van der Waals surface area contributed by atoms with Gasteiger partial charge < -0.3 is 19.8 Å². The van der Waals surface area contributed by atoms with Crippen LogP contribution in [0.3, 0.4) is 0 Å². The smallest absolute Gasteiger partial charge is 0.414 e. The number of rotatable bonds is 4. The third-order valence-electron chi connectivity index (χ3n) is 4.76. The number of ether oxygens (including phenoxy) is 2. The number of pyridine rings is 1. The van der Waals surface area contributed by atoms with Crippen LogP contribution in [0.5, 0.6) is 11.5 Å². The van der Waals surface area contributed by atoms with Crippen LogP contribution in [0.15, 0.2) is 59.5 Å². The molecule has 0 fully saturated rings. The average molecular weight is 436 g/mol. The molecule has 0 saturated carbocycles. The number of anilines is 2. The Morgan fingerprint density at radius 1 is 1.06 bits per heavy atom. The number of aryl methyl sites for hydroxylation is 2. The van der Waals surface area contributed by atoms with Gasteiger partial charge in [-0.15, -0.1) is 0 Å².